The Labute approximate surface area is 97.8 Å². The van der Waals surface area contributed by atoms with Gasteiger partial charge in [-0.05, 0) is 26.4 Å². The zero-order chi connectivity index (χ0) is 11.4. The molecule has 4 heteroatoms. The van der Waals surface area contributed by atoms with Crippen molar-refractivity contribution in [3.8, 4) is 6.07 Å². The highest BCUT2D eigenvalue weighted by molar-refractivity contribution is 4.89. The van der Waals surface area contributed by atoms with Gasteiger partial charge in [0.2, 0.25) is 0 Å². The SMILES string of the molecule is CN1CCOC(CN2CCCC(C#N)C2)C1. The number of nitriles is 1. The van der Waals surface area contributed by atoms with Crippen LogP contribution in [-0.2, 0) is 4.74 Å². The minimum atomic E-state index is 0.232. The van der Waals surface area contributed by atoms with Crippen molar-refractivity contribution < 1.29 is 4.74 Å². The third-order valence-corrected chi connectivity index (χ3v) is 3.49. The lowest BCUT2D eigenvalue weighted by Crippen LogP contribution is -2.48. The second-order valence-corrected chi connectivity index (χ2v) is 4.98. The number of hydrogen-bond donors (Lipinski definition) is 0. The van der Waals surface area contributed by atoms with Crippen LogP contribution in [0.15, 0.2) is 0 Å². The van der Waals surface area contributed by atoms with Crippen molar-refractivity contribution in [2.24, 2.45) is 5.92 Å². The van der Waals surface area contributed by atoms with Crippen molar-refractivity contribution in [3.63, 3.8) is 0 Å². The minimum Gasteiger partial charge on any atom is -0.374 e. The summed E-state index contributed by atoms with van der Waals surface area (Å²) < 4.78 is 5.75. The molecule has 16 heavy (non-hydrogen) atoms. The highest BCUT2D eigenvalue weighted by atomic mass is 16.5. The maximum absolute atomic E-state index is 8.94. The summed E-state index contributed by atoms with van der Waals surface area (Å²) >= 11 is 0. The number of nitrogens with zero attached hydrogens (tertiary/aromatic N) is 3. The second kappa shape index (κ2) is 5.62. The molecule has 0 aromatic heterocycles. The first-order valence-corrected chi connectivity index (χ1v) is 6.20. The lowest BCUT2D eigenvalue weighted by molar-refractivity contribution is -0.0391. The molecule has 0 aliphatic carbocycles. The van der Waals surface area contributed by atoms with E-state index in [-0.39, 0.29) is 5.92 Å². The number of hydrogen-bond acceptors (Lipinski definition) is 4. The van der Waals surface area contributed by atoms with Crippen molar-refractivity contribution in [1.29, 1.82) is 5.26 Å². The van der Waals surface area contributed by atoms with E-state index >= 15 is 0 Å². The van der Waals surface area contributed by atoms with Gasteiger partial charge in [0.25, 0.3) is 0 Å². The smallest absolute Gasteiger partial charge is 0.0829 e. The average molecular weight is 223 g/mol. The number of rotatable bonds is 2. The third kappa shape index (κ3) is 3.18. The molecule has 90 valence electrons. The van der Waals surface area contributed by atoms with Crippen LogP contribution in [0.4, 0.5) is 0 Å². The second-order valence-electron chi connectivity index (χ2n) is 4.98. The van der Waals surface area contributed by atoms with Gasteiger partial charge in [-0.2, -0.15) is 5.26 Å². The molecule has 0 N–H and O–H groups in total. The molecule has 0 aromatic rings. The van der Waals surface area contributed by atoms with Crippen molar-refractivity contribution in [1.82, 2.24) is 9.80 Å². The molecule has 2 saturated heterocycles. The van der Waals surface area contributed by atoms with Gasteiger partial charge in [-0.1, -0.05) is 0 Å². The predicted molar refractivity (Wildman–Crippen MR) is 62.0 cm³/mol. The molecule has 0 amide bonds. The molecule has 2 rings (SSSR count). The molecule has 0 saturated carbocycles. The summed E-state index contributed by atoms with van der Waals surface area (Å²) in [4.78, 5) is 4.71. The number of morpholine rings is 1. The van der Waals surface area contributed by atoms with Crippen LogP contribution < -0.4 is 0 Å². The molecule has 2 aliphatic rings. The lowest BCUT2D eigenvalue weighted by atomic mass is 9.99. The highest BCUT2D eigenvalue weighted by Crippen LogP contribution is 2.16. The van der Waals surface area contributed by atoms with E-state index in [4.69, 9.17) is 10.00 Å². The molecule has 2 unspecified atom stereocenters. The molecule has 0 bridgehead atoms. The van der Waals surface area contributed by atoms with E-state index in [0.717, 1.165) is 52.2 Å². The fraction of sp³-hybridized carbons (Fsp3) is 0.917. The van der Waals surface area contributed by atoms with Crippen molar-refractivity contribution >= 4 is 0 Å². The maximum atomic E-state index is 8.94. The van der Waals surface area contributed by atoms with Gasteiger partial charge in [0.15, 0.2) is 0 Å². The van der Waals surface area contributed by atoms with E-state index in [1.54, 1.807) is 0 Å². The Bertz CT molecular complexity index is 263. The molecule has 0 radical (unpaired) electrons. The normalized spacial score (nSPS) is 33.5. The molecule has 4 nitrogen and oxygen atoms in total. The zero-order valence-corrected chi connectivity index (χ0v) is 10.1. The van der Waals surface area contributed by atoms with Gasteiger partial charge in [0.1, 0.15) is 0 Å². The lowest BCUT2D eigenvalue weighted by Gasteiger charge is -2.36. The molecule has 2 fully saturated rings. The van der Waals surface area contributed by atoms with Crippen LogP contribution >= 0.6 is 0 Å². The summed E-state index contributed by atoms with van der Waals surface area (Å²) in [6, 6.07) is 2.39. The largest absolute Gasteiger partial charge is 0.374 e. The van der Waals surface area contributed by atoms with E-state index in [2.05, 4.69) is 22.9 Å². The first-order chi connectivity index (χ1) is 7.78. The fourth-order valence-corrected chi connectivity index (χ4v) is 2.59. The average Bonchev–Trinajstić information content (AvgIpc) is 2.29. The topological polar surface area (TPSA) is 39.5 Å². The van der Waals surface area contributed by atoms with Gasteiger partial charge in [-0.15, -0.1) is 0 Å². The van der Waals surface area contributed by atoms with E-state index in [1.807, 2.05) is 0 Å². The van der Waals surface area contributed by atoms with Crippen LogP contribution in [0.3, 0.4) is 0 Å². The number of likely N-dealkylation sites (N-methyl/N-ethyl adjacent to an activating group) is 1. The Morgan fingerprint density at radius 3 is 3.00 bits per heavy atom. The van der Waals surface area contributed by atoms with E-state index in [1.165, 1.54) is 0 Å². The minimum absolute atomic E-state index is 0.232. The summed E-state index contributed by atoms with van der Waals surface area (Å²) in [5, 5.41) is 8.94. The van der Waals surface area contributed by atoms with Crippen molar-refractivity contribution in [3.05, 3.63) is 0 Å². The molecule has 0 spiro atoms. The van der Waals surface area contributed by atoms with E-state index in [9.17, 15) is 0 Å². The number of piperidine rings is 1. The van der Waals surface area contributed by atoms with Crippen molar-refractivity contribution in [2.75, 3.05) is 46.4 Å². The zero-order valence-electron chi connectivity index (χ0n) is 10.1. The van der Waals surface area contributed by atoms with Crippen LogP contribution in [0.5, 0.6) is 0 Å². The number of likely N-dealkylation sites (tertiary alicyclic amines) is 1. The molecular formula is C12H21N3O. The van der Waals surface area contributed by atoms with Gasteiger partial charge in [-0.25, -0.2) is 0 Å². The molecule has 2 heterocycles. The van der Waals surface area contributed by atoms with Crippen LogP contribution in [0, 0.1) is 17.2 Å². The quantitative estimate of drug-likeness (QED) is 0.685. The Morgan fingerprint density at radius 1 is 1.38 bits per heavy atom. The van der Waals surface area contributed by atoms with Gasteiger partial charge in [0.05, 0.1) is 24.7 Å². The first kappa shape index (κ1) is 11.8. The summed E-state index contributed by atoms with van der Waals surface area (Å²) in [6.07, 6.45) is 2.55. The Balaban J connectivity index is 1.78. The summed E-state index contributed by atoms with van der Waals surface area (Å²) in [6.45, 7) is 5.95. The van der Waals surface area contributed by atoms with Gasteiger partial charge >= 0.3 is 0 Å². The molecule has 0 aromatic carbocycles. The fourth-order valence-electron chi connectivity index (χ4n) is 2.59. The van der Waals surface area contributed by atoms with Crippen LogP contribution in [0.1, 0.15) is 12.8 Å². The monoisotopic (exact) mass is 223 g/mol. The van der Waals surface area contributed by atoms with E-state index in [0.29, 0.717) is 6.10 Å². The predicted octanol–water partition coefficient (Wildman–Crippen LogP) is 0.553. The molecule has 2 atom stereocenters. The first-order valence-electron chi connectivity index (χ1n) is 6.20. The van der Waals surface area contributed by atoms with Crippen LogP contribution in [-0.4, -0.2) is 62.3 Å². The third-order valence-electron chi connectivity index (χ3n) is 3.49. The summed E-state index contributed by atoms with van der Waals surface area (Å²) in [5.41, 5.74) is 0. The summed E-state index contributed by atoms with van der Waals surface area (Å²) in [7, 11) is 2.14. The van der Waals surface area contributed by atoms with Gasteiger partial charge in [0, 0.05) is 26.2 Å². The van der Waals surface area contributed by atoms with Crippen LogP contribution in [0.2, 0.25) is 0 Å². The molecule has 2 aliphatic heterocycles. The number of ether oxygens (including phenoxy) is 1. The van der Waals surface area contributed by atoms with Gasteiger partial charge < -0.3 is 9.64 Å². The van der Waals surface area contributed by atoms with Crippen molar-refractivity contribution in [2.45, 2.75) is 18.9 Å². The Hall–Kier alpha value is -0.630. The standard InChI is InChI=1S/C12H21N3O/c1-14-5-6-16-12(9-14)10-15-4-2-3-11(7-13)8-15/h11-12H,2-6,8-10H2,1H3. The highest BCUT2D eigenvalue weighted by Gasteiger charge is 2.24. The Kier molecular flexibility index (Phi) is 4.16. The van der Waals surface area contributed by atoms with E-state index < -0.39 is 0 Å². The maximum Gasteiger partial charge on any atom is 0.0829 e. The van der Waals surface area contributed by atoms with Crippen LogP contribution in [0.25, 0.3) is 0 Å². The molecular weight excluding hydrogens is 202 g/mol. The summed E-state index contributed by atoms with van der Waals surface area (Å²) in [5.74, 6) is 0.232. The Morgan fingerprint density at radius 2 is 2.25 bits per heavy atom. The van der Waals surface area contributed by atoms with Gasteiger partial charge in [-0.3, -0.25) is 4.90 Å².